The van der Waals surface area contributed by atoms with E-state index in [2.05, 4.69) is 83.8 Å². The van der Waals surface area contributed by atoms with Gasteiger partial charge < -0.3 is 0 Å². The first kappa shape index (κ1) is 29.0. The second-order valence-corrected chi connectivity index (χ2v) is 57.0. The van der Waals surface area contributed by atoms with E-state index in [4.69, 9.17) is 5.63 Å². The van der Waals surface area contributed by atoms with E-state index in [-0.39, 0.29) is 18.9 Å². The first-order chi connectivity index (χ1) is 19.8. The van der Waals surface area contributed by atoms with Crippen molar-refractivity contribution in [3.8, 4) is 11.5 Å². The number of hydrogen-bond donors (Lipinski definition) is 0. The van der Waals surface area contributed by atoms with E-state index in [9.17, 15) is 8.78 Å². The SMILES string of the molecule is CCC1=Cc2ccccc2[CH]1[Zr]([CH3])([CH3])(=[SiH2])([O]c1ccc(F)cc1)([O]c1ccc(F)cc1)[CH]1C(CC)=Cc2ccccc21. The molecular weight excluding hydrogens is 622 g/mol. The van der Waals surface area contributed by atoms with Gasteiger partial charge in [-0.05, 0) is 0 Å². The minimum atomic E-state index is -6.62. The summed E-state index contributed by atoms with van der Waals surface area (Å²) in [4.78, 5) is 0. The van der Waals surface area contributed by atoms with Gasteiger partial charge in [0.05, 0.1) is 0 Å². The third kappa shape index (κ3) is 4.17. The molecule has 6 rings (SSSR count). The molecule has 42 heavy (non-hydrogen) atoms. The van der Waals surface area contributed by atoms with Crippen LogP contribution in [0.4, 0.5) is 8.78 Å². The van der Waals surface area contributed by atoms with Gasteiger partial charge in [0, 0.05) is 0 Å². The van der Waals surface area contributed by atoms with E-state index in [0.717, 1.165) is 24.0 Å². The zero-order chi connectivity index (χ0) is 29.9. The number of allylic oxidation sites excluding steroid dienone is 2. The number of fused-ring (bicyclic) bond motifs is 2. The van der Waals surface area contributed by atoms with Gasteiger partial charge in [0.25, 0.3) is 0 Å². The molecule has 4 aromatic carbocycles. The van der Waals surface area contributed by atoms with Crippen molar-refractivity contribution in [3.63, 3.8) is 0 Å². The number of hydrogen-bond acceptors (Lipinski definition) is 2. The van der Waals surface area contributed by atoms with Crippen LogP contribution in [-0.2, 0) is 15.3 Å². The molecule has 0 heterocycles. The van der Waals surface area contributed by atoms with E-state index < -0.39 is 15.3 Å². The third-order valence-electron chi connectivity index (χ3n) is 9.96. The summed E-state index contributed by atoms with van der Waals surface area (Å²) in [7, 11) is 0. The Morgan fingerprint density at radius 2 is 0.952 bits per heavy atom. The second-order valence-electron chi connectivity index (χ2n) is 14.0. The Morgan fingerprint density at radius 3 is 1.31 bits per heavy atom. The molecule has 2 aliphatic carbocycles. The van der Waals surface area contributed by atoms with Crippen LogP contribution in [0.15, 0.2) is 108 Å². The fraction of sp³-hybridized carbons (Fsp3) is 0.222. The van der Waals surface area contributed by atoms with Gasteiger partial charge in [-0.15, -0.1) is 0 Å². The molecule has 0 N–H and O–H groups in total. The van der Waals surface area contributed by atoms with Gasteiger partial charge in [-0.25, -0.2) is 0 Å². The van der Waals surface area contributed by atoms with Crippen molar-refractivity contribution in [3.05, 3.63) is 142 Å². The van der Waals surface area contributed by atoms with Crippen molar-refractivity contribution in [2.45, 2.75) is 43.2 Å². The molecule has 2 unspecified atom stereocenters. The van der Waals surface area contributed by atoms with Crippen LogP contribution in [0.5, 0.6) is 11.5 Å². The van der Waals surface area contributed by atoms with E-state index >= 15 is 0 Å². The normalized spacial score (nSPS) is 20.2. The molecule has 0 spiro atoms. The Kier molecular flexibility index (Phi) is 6.19. The van der Waals surface area contributed by atoms with Crippen LogP contribution in [0, 0.1) is 11.6 Å². The molecule has 0 amide bonds. The Morgan fingerprint density at radius 1 is 0.595 bits per heavy atom. The topological polar surface area (TPSA) is 18.5 Å². The predicted molar refractivity (Wildman–Crippen MR) is 169 cm³/mol. The average molecular weight is 660 g/mol. The summed E-state index contributed by atoms with van der Waals surface area (Å²) >= 11 is -6.62. The first-order valence-electron chi connectivity index (χ1n) is 14.9. The van der Waals surface area contributed by atoms with Gasteiger partial charge >= 0.3 is 246 Å². The summed E-state index contributed by atoms with van der Waals surface area (Å²) < 4.78 is 48.4. The Hall–Kier alpha value is -3.08. The maximum absolute atomic E-state index is 14.3. The average Bonchev–Trinajstić information content (AvgIpc) is 3.56. The first-order valence-corrected chi connectivity index (χ1v) is 30.5. The van der Waals surface area contributed by atoms with E-state index in [0.29, 0.717) is 11.5 Å². The summed E-state index contributed by atoms with van der Waals surface area (Å²) in [6.45, 7) is 6.30. The molecule has 2 aliphatic rings. The van der Waals surface area contributed by atoms with Crippen LogP contribution in [0.25, 0.3) is 12.2 Å². The van der Waals surface area contributed by atoms with Crippen molar-refractivity contribution in [1.82, 2.24) is 0 Å². The quantitative estimate of drug-likeness (QED) is 0.175. The Balaban J connectivity index is 1.82. The van der Waals surface area contributed by atoms with Gasteiger partial charge in [-0.2, -0.15) is 0 Å². The van der Waals surface area contributed by atoms with Crippen LogP contribution in [0.2, 0.25) is 9.26 Å². The molecule has 2 nitrogen and oxygen atoms in total. The fourth-order valence-corrected chi connectivity index (χ4v) is 40.4. The standard InChI is InChI=1S/2C11H11.2C6H5FO.2CH3.H2Si.Zr/c2*1-2-9-7-10-5-3-4-6-11(10)8-9;2*7-5-1-3-6(8)4-2-5;;;;/h2*3-8H,2H2,1H3;2*1-4,8H;2*1H3;1H2;/q;;;;;;;+2/p-2. The predicted octanol–water partition coefficient (Wildman–Crippen LogP) is 9.75. The van der Waals surface area contributed by atoms with Crippen molar-refractivity contribution in [1.29, 1.82) is 0 Å². The molecule has 216 valence electrons. The van der Waals surface area contributed by atoms with Crippen LogP contribution < -0.4 is 5.63 Å². The van der Waals surface area contributed by atoms with E-state index in [1.807, 2.05) is 6.88 Å². The Bertz CT molecular complexity index is 1780. The maximum atomic E-state index is 14.3. The fourth-order valence-electron chi connectivity index (χ4n) is 8.62. The van der Waals surface area contributed by atoms with Crippen LogP contribution in [0.3, 0.4) is 0 Å². The third-order valence-corrected chi connectivity index (χ3v) is 36.9. The number of benzene rings is 4. The summed E-state index contributed by atoms with van der Waals surface area (Å²) in [5.74, 6) is 0.452. The summed E-state index contributed by atoms with van der Waals surface area (Å²) in [5, 5.41) is 0. The van der Waals surface area contributed by atoms with Gasteiger partial charge in [-0.1, -0.05) is 0 Å². The number of rotatable bonds is 8. The molecule has 0 fully saturated rings. The van der Waals surface area contributed by atoms with Crippen LogP contribution in [0.1, 0.15) is 56.2 Å². The van der Waals surface area contributed by atoms with Gasteiger partial charge in [0.1, 0.15) is 0 Å². The molecule has 0 aliphatic heterocycles. The van der Waals surface area contributed by atoms with Crippen LogP contribution in [-0.4, -0.2) is 6.88 Å². The van der Waals surface area contributed by atoms with Gasteiger partial charge in [0.2, 0.25) is 0 Å². The molecule has 4 aromatic rings. The minimum absolute atomic E-state index is 0.234. The van der Waals surface area contributed by atoms with Crippen molar-refractivity contribution < 1.29 is 29.7 Å². The molecular formula is C36H38F2O2SiZr. The van der Waals surface area contributed by atoms with E-state index in [1.54, 1.807) is 24.3 Å². The zero-order valence-corrected chi connectivity index (χ0v) is 28.6. The van der Waals surface area contributed by atoms with Crippen LogP contribution >= 0.6 is 0 Å². The van der Waals surface area contributed by atoms with Gasteiger partial charge in [-0.3, -0.25) is 0 Å². The molecule has 0 radical (unpaired) electrons. The van der Waals surface area contributed by atoms with Gasteiger partial charge in [0.15, 0.2) is 0 Å². The van der Waals surface area contributed by atoms with Crippen molar-refractivity contribution >= 4 is 19.0 Å². The summed E-state index contributed by atoms with van der Waals surface area (Å²) in [6.07, 6.45) is 6.19. The monoisotopic (exact) mass is 658 g/mol. The second kappa shape index (κ2) is 8.97. The van der Waals surface area contributed by atoms with E-state index in [1.165, 1.54) is 46.5 Å². The summed E-state index contributed by atoms with van der Waals surface area (Å²) in [5.41, 5.74) is 7.12. The number of halogens is 2. The molecule has 0 aromatic heterocycles. The molecule has 2 atom stereocenters. The Labute approximate surface area is 244 Å². The molecule has 0 bridgehead atoms. The zero-order valence-electron chi connectivity index (χ0n) is 24.7. The van der Waals surface area contributed by atoms with Crippen molar-refractivity contribution in [2.24, 2.45) is 0 Å². The molecule has 0 saturated carbocycles. The molecule has 0 saturated heterocycles. The van der Waals surface area contributed by atoms with Crippen molar-refractivity contribution in [2.75, 3.05) is 0 Å². The summed E-state index contributed by atoms with van der Waals surface area (Å²) in [6, 6.07) is 29.6. The molecule has 6 heteroatoms.